The third kappa shape index (κ3) is 37.5. The molecule has 1 saturated carbocycles. The van der Waals surface area contributed by atoms with Gasteiger partial charge in [0.05, 0.1) is 31.3 Å². The van der Waals surface area contributed by atoms with Gasteiger partial charge in [0.25, 0.3) is 0 Å². The molecule has 13 nitrogen and oxygen atoms in total. The minimum atomic E-state index is -5.15. The van der Waals surface area contributed by atoms with Crippen LogP contribution in [0.2, 0.25) is 0 Å². The zero-order valence-corrected chi connectivity index (χ0v) is 46.8. The van der Waals surface area contributed by atoms with Crippen LogP contribution in [-0.2, 0) is 18.4 Å². The van der Waals surface area contributed by atoms with Gasteiger partial charge in [0, 0.05) is 0 Å². The highest BCUT2D eigenvalue weighted by atomic mass is 31.2. The van der Waals surface area contributed by atoms with Crippen LogP contribution < -0.4 is 5.32 Å². The summed E-state index contributed by atoms with van der Waals surface area (Å²) in [4.78, 5) is 23.6. The van der Waals surface area contributed by atoms with Gasteiger partial charge in [-0.1, -0.05) is 250 Å². The van der Waals surface area contributed by atoms with Gasteiger partial charge in [0.1, 0.15) is 36.6 Å². The lowest BCUT2D eigenvalue weighted by atomic mass is 9.85. The molecule has 0 heterocycles. The number of amides is 1. The van der Waals surface area contributed by atoms with Gasteiger partial charge < -0.3 is 46.0 Å². The van der Waals surface area contributed by atoms with Crippen LogP contribution >= 0.6 is 7.82 Å². The lowest BCUT2D eigenvalue weighted by Crippen LogP contribution is -2.64. The van der Waals surface area contributed by atoms with Gasteiger partial charge in [-0.3, -0.25) is 13.8 Å². The third-order valence-corrected chi connectivity index (χ3v) is 15.5. The van der Waals surface area contributed by atoms with Crippen LogP contribution in [0, 0.1) is 0 Å². The van der Waals surface area contributed by atoms with Crippen molar-refractivity contribution < 1.29 is 59.0 Å². The molecule has 1 rings (SSSR count). The summed E-state index contributed by atoms with van der Waals surface area (Å²) in [7, 11) is -5.15. The molecule has 426 valence electrons. The predicted octanol–water partition coefficient (Wildman–Crippen LogP) is 12.7. The second-order valence-electron chi connectivity index (χ2n) is 21.4. The van der Waals surface area contributed by atoms with Crippen molar-refractivity contribution in [1.82, 2.24) is 5.32 Å². The maximum atomic E-state index is 13.1. The van der Waals surface area contributed by atoms with Crippen molar-refractivity contribution in [2.75, 3.05) is 6.61 Å². The molecule has 8 unspecified atom stereocenters. The molecule has 0 aliphatic heterocycles. The summed E-state index contributed by atoms with van der Waals surface area (Å²) in [6.07, 6.45) is 42.6. The molecule has 8 atom stereocenters. The minimum Gasteiger partial charge on any atom is -0.393 e. The summed E-state index contributed by atoms with van der Waals surface area (Å²) in [5.41, 5.74) is 0. The number of phosphoric acid groups is 1. The summed E-state index contributed by atoms with van der Waals surface area (Å²) in [6.45, 7) is 3.80. The van der Waals surface area contributed by atoms with Gasteiger partial charge in [-0.05, 0) is 44.9 Å². The fourth-order valence-corrected chi connectivity index (χ4v) is 10.7. The number of allylic oxidation sites excluding steroid dienone is 3. The van der Waals surface area contributed by atoms with E-state index in [-0.39, 0.29) is 6.42 Å². The van der Waals surface area contributed by atoms with E-state index in [9.17, 15) is 50.0 Å². The smallest absolute Gasteiger partial charge is 0.393 e. The fraction of sp³-hybridized carbons (Fsp3) is 0.914. The van der Waals surface area contributed by atoms with Crippen molar-refractivity contribution in [1.29, 1.82) is 0 Å². The number of aliphatic hydroxyl groups is 7. The average molecular weight is 1050 g/mol. The molecular weight excluding hydrogens is 934 g/mol. The molecule has 72 heavy (non-hydrogen) atoms. The van der Waals surface area contributed by atoms with E-state index in [1.165, 1.54) is 186 Å². The molecule has 1 fully saturated rings. The van der Waals surface area contributed by atoms with Crippen LogP contribution in [0.5, 0.6) is 0 Å². The molecule has 14 heteroatoms. The van der Waals surface area contributed by atoms with Crippen LogP contribution in [0.4, 0.5) is 0 Å². The van der Waals surface area contributed by atoms with Crippen LogP contribution in [0.3, 0.4) is 0 Å². The molecule has 0 spiro atoms. The zero-order chi connectivity index (χ0) is 52.9. The van der Waals surface area contributed by atoms with Crippen LogP contribution in [0.25, 0.3) is 0 Å². The number of carbonyl (C=O) groups is 1. The van der Waals surface area contributed by atoms with Crippen molar-refractivity contribution in [3.05, 3.63) is 24.3 Å². The van der Waals surface area contributed by atoms with Gasteiger partial charge in [-0.15, -0.1) is 0 Å². The number of aliphatic hydroxyl groups excluding tert-OH is 7. The Bertz CT molecular complexity index is 1320. The van der Waals surface area contributed by atoms with E-state index >= 15 is 0 Å². The summed E-state index contributed by atoms with van der Waals surface area (Å²) in [5, 5.41) is 74.9. The Morgan fingerprint density at radius 2 is 0.806 bits per heavy atom. The molecule has 1 aliphatic rings. The molecule has 1 aliphatic carbocycles. The van der Waals surface area contributed by atoms with E-state index in [2.05, 4.69) is 31.3 Å². The number of nitrogens with one attached hydrogen (secondary N) is 1. The molecule has 0 aromatic carbocycles. The number of rotatable bonds is 51. The highest BCUT2D eigenvalue weighted by Gasteiger charge is 2.51. The Kier molecular flexibility index (Phi) is 44.9. The van der Waals surface area contributed by atoms with Crippen molar-refractivity contribution in [2.24, 2.45) is 0 Å². The van der Waals surface area contributed by atoms with Gasteiger partial charge in [0.2, 0.25) is 5.91 Å². The number of hydrogen-bond acceptors (Lipinski definition) is 11. The number of phosphoric ester groups is 1. The zero-order valence-electron chi connectivity index (χ0n) is 45.9. The molecule has 9 N–H and O–H groups in total. The standard InChI is InChI=1S/C58H112NO12P/c1-3-5-7-9-11-13-15-17-19-21-23-25-27-29-31-33-35-37-39-41-43-45-49(60)47-52(62)59-50(48-70-72(68,69)71-58-56(66)54(64)53(63)55(65)57(58)67)51(61)46-44-42-40-38-36-34-32-30-28-26-24-22-20-18-16-14-12-10-8-6-4-2/h29,31,44,46,49-51,53-58,60-61,63-67H,3-28,30,32-43,45,47-48H2,1-2H3,(H,59,62)(H,68,69)/b31-29-,46-44+. The molecular formula is C58H112NO12P. The molecule has 0 radical (unpaired) electrons. The monoisotopic (exact) mass is 1050 g/mol. The minimum absolute atomic E-state index is 0.248. The van der Waals surface area contributed by atoms with E-state index in [4.69, 9.17) is 9.05 Å². The van der Waals surface area contributed by atoms with Crippen LogP contribution in [0.1, 0.15) is 277 Å². The molecule has 1 amide bonds. The van der Waals surface area contributed by atoms with Gasteiger partial charge in [-0.25, -0.2) is 4.57 Å². The molecule has 0 saturated heterocycles. The predicted molar refractivity (Wildman–Crippen MR) is 294 cm³/mol. The fourth-order valence-electron chi connectivity index (χ4n) is 9.71. The molecule has 0 aromatic rings. The first-order valence-corrected chi connectivity index (χ1v) is 31.4. The Hall–Kier alpha value is -1.22. The lowest BCUT2D eigenvalue weighted by molar-refractivity contribution is -0.220. The summed E-state index contributed by atoms with van der Waals surface area (Å²) in [5.74, 6) is -0.593. The summed E-state index contributed by atoms with van der Waals surface area (Å²) < 4.78 is 23.0. The first-order chi connectivity index (χ1) is 34.8. The van der Waals surface area contributed by atoms with E-state index in [0.29, 0.717) is 12.8 Å². The van der Waals surface area contributed by atoms with Gasteiger partial charge >= 0.3 is 7.82 Å². The average Bonchev–Trinajstić information content (AvgIpc) is 3.36. The first kappa shape index (κ1) is 68.8. The number of unbranched alkanes of at least 4 members (excludes halogenated alkanes) is 36. The van der Waals surface area contributed by atoms with Crippen LogP contribution in [-0.4, -0.2) is 108 Å². The van der Waals surface area contributed by atoms with E-state index in [1.54, 1.807) is 6.08 Å². The lowest BCUT2D eigenvalue weighted by Gasteiger charge is -2.41. The Morgan fingerprint density at radius 3 is 1.18 bits per heavy atom. The normalized spacial score (nSPS) is 21.6. The second kappa shape index (κ2) is 47.0. The maximum absolute atomic E-state index is 13.1. The quantitative estimate of drug-likeness (QED) is 0.0158. The van der Waals surface area contributed by atoms with E-state index < -0.39 is 75.2 Å². The third-order valence-electron chi connectivity index (χ3n) is 14.5. The van der Waals surface area contributed by atoms with Crippen LogP contribution in [0.15, 0.2) is 24.3 Å². The SMILES string of the molecule is CCCCCCCCCCCCCC/C=C\CCCCCCCC(O)CC(=O)NC(COP(=O)(O)OC1C(O)C(O)C(O)C(O)C1O)C(O)/C=C/CCCCCCCCCCCCCCCCCCCCC. The van der Waals surface area contributed by atoms with Crippen molar-refractivity contribution in [3.63, 3.8) is 0 Å². The summed E-state index contributed by atoms with van der Waals surface area (Å²) in [6, 6.07) is -1.24. The second-order valence-corrected chi connectivity index (χ2v) is 22.8. The van der Waals surface area contributed by atoms with Gasteiger partial charge in [0.15, 0.2) is 0 Å². The molecule has 0 aromatic heterocycles. The highest BCUT2D eigenvalue weighted by molar-refractivity contribution is 7.47. The van der Waals surface area contributed by atoms with Crippen molar-refractivity contribution in [2.45, 2.75) is 332 Å². The Labute approximate surface area is 439 Å². The van der Waals surface area contributed by atoms with Crippen molar-refractivity contribution >= 4 is 13.7 Å². The first-order valence-electron chi connectivity index (χ1n) is 29.9. The Morgan fingerprint density at radius 1 is 0.486 bits per heavy atom. The Balaban J connectivity index is 2.40. The molecule has 0 bridgehead atoms. The van der Waals surface area contributed by atoms with E-state index in [0.717, 1.165) is 64.2 Å². The topological polar surface area (TPSA) is 226 Å². The summed E-state index contributed by atoms with van der Waals surface area (Å²) >= 11 is 0. The maximum Gasteiger partial charge on any atom is 0.472 e. The number of carbonyl (C=O) groups excluding carboxylic acids is 1. The van der Waals surface area contributed by atoms with E-state index in [1.807, 2.05) is 0 Å². The number of hydrogen-bond donors (Lipinski definition) is 9. The van der Waals surface area contributed by atoms with Gasteiger partial charge in [-0.2, -0.15) is 0 Å². The highest BCUT2D eigenvalue weighted by Crippen LogP contribution is 2.47. The van der Waals surface area contributed by atoms with Crippen molar-refractivity contribution in [3.8, 4) is 0 Å². The largest absolute Gasteiger partial charge is 0.472 e.